The van der Waals surface area contributed by atoms with Gasteiger partial charge in [0.2, 0.25) is 0 Å². The van der Waals surface area contributed by atoms with Gasteiger partial charge < -0.3 is 5.32 Å². The second kappa shape index (κ2) is 6.05. The van der Waals surface area contributed by atoms with Crippen molar-refractivity contribution in [3.8, 4) is 0 Å². The summed E-state index contributed by atoms with van der Waals surface area (Å²) in [5.74, 6) is 0.696. The largest absolute Gasteiger partial charge is 0.314 e. The minimum absolute atomic E-state index is 0.584. The van der Waals surface area contributed by atoms with Crippen LogP contribution >= 0.6 is 0 Å². The highest BCUT2D eigenvalue weighted by molar-refractivity contribution is 5.33. The zero-order chi connectivity index (χ0) is 12.1. The maximum atomic E-state index is 3.50. The summed E-state index contributed by atoms with van der Waals surface area (Å²) >= 11 is 0. The first-order chi connectivity index (χ1) is 7.50. The molecule has 1 nitrogen and oxygen atoms in total. The van der Waals surface area contributed by atoms with E-state index >= 15 is 0 Å². The number of hydrogen-bond donors (Lipinski definition) is 1. The Labute approximate surface area is 100 Å². The lowest BCUT2D eigenvalue weighted by Crippen LogP contribution is -2.28. The van der Waals surface area contributed by atoms with E-state index in [4.69, 9.17) is 0 Å². The van der Waals surface area contributed by atoms with Crippen LogP contribution in [-0.2, 0) is 6.42 Å². The molecule has 0 saturated carbocycles. The summed E-state index contributed by atoms with van der Waals surface area (Å²) in [6.45, 7) is 12.3. The summed E-state index contributed by atoms with van der Waals surface area (Å²) in [6.07, 6.45) is 1.18. The number of hydrogen-bond acceptors (Lipinski definition) is 1. The molecule has 1 heteroatoms. The Hall–Kier alpha value is -0.820. The SMILES string of the molecule is Cc1cccc(C)c1CC(C)CNC(C)C. The number of nitrogens with one attached hydrogen (secondary N) is 1. The van der Waals surface area contributed by atoms with Gasteiger partial charge in [0.25, 0.3) is 0 Å². The maximum Gasteiger partial charge on any atom is 0.00104 e. The van der Waals surface area contributed by atoms with Crippen LogP contribution in [-0.4, -0.2) is 12.6 Å². The van der Waals surface area contributed by atoms with Crippen LogP contribution in [0.25, 0.3) is 0 Å². The van der Waals surface area contributed by atoms with Crippen molar-refractivity contribution in [1.29, 1.82) is 0 Å². The molecule has 0 bridgehead atoms. The van der Waals surface area contributed by atoms with Crippen LogP contribution in [0.5, 0.6) is 0 Å². The van der Waals surface area contributed by atoms with Crippen LogP contribution in [0.4, 0.5) is 0 Å². The first-order valence-corrected chi connectivity index (χ1v) is 6.29. The van der Waals surface area contributed by atoms with E-state index < -0.39 is 0 Å². The molecular formula is C15H25N. The molecular weight excluding hydrogens is 194 g/mol. The standard InChI is InChI=1S/C15H25N/c1-11(2)16-10-12(3)9-15-13(4)7-6-8-14(15)5/h6-8,11-12,16H,9-10H2,1-5H3. The first-order valence-electron chi connectivity index (χ1n) is 6.29. The average Bonchev–Trinajstić information content (AvgIpc) is 2.21. The van der Waals surface area contributed by atoms with Crippen molar-refractivity contribution in [2.24, 2.45) is 5.92 Å². The smallest absolute Gasteiger partial charge is 0.00104 e. The van der Waals surface area contributed by atoms with E-state index in [9.17, 15) is 0 Å². The lowest BCUT2D eigenvalue weighted by Gasteiger charge is -2.17. The molecule has 0 aliphatic carbocycles. The fourth-order valence-electron chi connectivity index (χ4n) is 2.03. The van der Waals surface area contributed by atoms with Gasteiger partial charge in [0.15, 0.2) is 0 Å². The molecule has 0 heterocycles. The summed E-state index contributed by atoms with van der Waals surface area (Å²) in [5, 5.41) is 3.50. The van der Waals surface area contributed by atoms with Crippen LogP contribution in [0.1, 0.15) is 37.5 Å². The molecule has 0 aliphatic heterocycles. The minimum atomic E-state index is 0.584. The zero-order valence-corrected chi connectivity index (χ0v) is 11.3. The van der Waals surface area contributed by atoms with E-state index in [1.165, 1.54) is 23.1 Å². The van der Waals surface area contributed by atoms with Crippen molar-refractivity contribution < 1.29 is 0 Å². The maximum absolute atomic E-state index is 3.50. The van der Waals surface area contributed by atoms with Gasteiger partial charge in [-0.2, -0.15) is 0 Å². The molecule has 90 valence electrons. The Kier molecular flexibility index (Phi) is 5.01. The van der Waals surface area contributed by atoms with Gasteiger partial charge >= 0.3 is 0 Å². The van der Waals surface area contributed by atoms with Gasteiger partial charge in [-0.25, -0.2) is 0 Å². The molecule has 1 N–H and O–H groups in total. The Morgan fingerprint density at radius 3 is 2.12 bits per heavy atom. The summed E-state index contributed by atoms with van der Waals surface area (Å²) in [4.78, 5) is 0. The topological polar surface area (TPSA) is 12.0 Å². The summed E-state index contributed by atoms with van der Waals surface area (Å²) < 4.78 is 0. The predicted molar refractivity (Wildman–Crippen MR) is 71.9 cm³/mol. The Morgan fingerprint density at radius 2 is 1.62 bits per heavy atom. The third-order valence-electron chi connectivity index (χ3n) is 3.07. The van der Waals surface area contributed by atoms with E-state index in [0.29, 0.717) is 12.0 Å². The second-order valence-electron chi connectivity index (χ2n) is 5.24. The van der Waals surface area contributed by atoms with Gasteiger partial charge in [-0.05, 0) is 49.4 Å². The Bertz CT molecular complexity index is 308. The number of rotatable bonds is 5. The lowest BCUT2D eigenvalue weighted by atomic mass is 9.93. The molecule has 1 atom stereocenters. The van der Waals surface area contributed by atoms with Gasteiger partial charge in [-0.1, -0.05) is 39.0 Å². The first kappa shape index (κ1) is 13.2. The molecule has 0 aliphatic rings. The highest BCUT2D eigenvalue weighted by Crippen LogP contribution is 2.17. The van der Waals surface area contributed by atoms with Gasteiger partial charge in [0.1, 0.15) is 0 Å². The molecule has 0 amide bonds. The zero-order valence-electron chi connectivity index (χ0n) is 11.3. The van der Waals surface area contributed by atoms with Crippen molar-refractivity contribution in [1.82, 2.24) is 5.32 Å². The second-order valence-corrected chi connectivity index (χ2v) is 5.24. The number of benzene rings is 1. The highest BCUT2D eigenvalue weighted by atomic mass is 14.9. The average molecular weight is 219 g/mol. The third-order valence-corrected chi connectivity index (χ3v) is 3.07. The molecule has 0 radical (unpaired) electrons. The van der Waals surface area contributed by atoms with E-state index in [-0.39, 0.29) is 0 Å². The normalized spacial score (nSPS) is 13.1. The van der Waals surface area contributed by atoms with Crippen LogP contribution in [0, 0.1) is 19.8 Å². The van der Waals surface area contributed by atoms with Crippen molar-refractivity contribution in [3.63, 3.8) is 0 Å². The van der Waals surface area contributed by atoms with E-state index in [0.717, 1.165) is 6.54 Å². The Morgan fingerprint density at radius 1 is 1.06 bits per heavy atom. The molecule has 0 saturated heterocycles. The Balaban J connectivity index is 2.59. The van der Waals surface area contributed by atoms with Gasteiger partial charge in [-0.15, -0.1) is 0 Å². The van der Waals surface area contributed by atoms with E-state index in [1.807, 2.05) is 0 Å². The van der Waals surface area contributed by atoms with Crippen LogP contribution < -0.4 is 5.32 Å². The quantitative estimate of drug-likeness (QED) is 0.799. The van der Waals surface area contributed by atoms with Gasteiger partial charge in [-0.3, -0.25) is 0 Å². The summed E-state index contributed by atoms with van der Waals surface area (Å²) in [5.41, 5.74) is 4.38. The van der Waals surface area contributed by atoms with Crippen molar-refractivity contribution in [2.75, 3.05) is 6.54 Å². The highest BCUT2D eigenvalue weighted by Gasteiger charge is 2.08. The monoisotopic (exact) mass is 219 g/mol. The minimum Gasteiger partial charge on any atom is -0.314 e. The van der Waals surface area contributed by atoms with Crippen molar-refractivity contribution in [3.05, 3.63) is 34.9 Å². The predicted octanol–water partition coefficient (Wildman–Crippen LogP) is 3.48. The van der Waals surface area contributed by atoms with Crippen LogP contribution in [0.2, 0.25) is 0 Å². The molecule has 1 unspecified atom stereocenters. The van der Waals surface area contributed by atoms with E-state index in [2.05, 4.69) is 58.1 Å². The summed E-state index contributed by atoms with van der Waals surface area (Å²) in [7, 11) is 0. The molecule has 0 spiro atoms. The molecule has 0 aromatic heterocycles. The van der Waals surface area contributed by atoms with Gasteiger partial charge in [0.05, 0.1) is 0 Å². The summed E-state index contributed by atoms with van der Waals surface area (Å²) in [6, 6.07) is 7.15. The van der Waals surface area contributed by atoms with Crippen LogP contribution in [0.3, 0.4) is 0 Å². The van der Waals surface area contributed by atoms with Gasteiger partial charge in [0, 0.05) is 6.04 Å². The fraction of sp³-hybridized carbons (Fsp3) is 0.600. The van der Waals surface area contributed by atoms with Crippen molar-refractivity contribution >= 4 is 0 Å². The molecule has 1 aromatic carbocycles. The van der Waals surface area contributed by atoms with Crippen molar-refractivity contribution in [2.45, 2.75) is 47.1 Å². The van der Waals surface area contributed by atoms with E-state index in [1.54, 1.807) is 0 Å². The molecule has 1 aromatic rings. The lowest BCUT2D eigenvalue weighted by molar-refractivity contribution is 0.474. The molecule has 16 heavy (non-hydrogen) atoms. The van der Waals surface area contributed by atoms with Crippen LogP contribution in [0.15, 0.2) is 18.2 Å². The molecule has 1 rings (SSSR count). The third kappa shape index (κ3) is 3.97. The molecule has 0 fully saturated rings. The number of aryl methyl sites for hydroxylation is 2. The fourth-order valence-corrected chi connectivity index (χ4v) is 2.03.